The Hall–Kier alpha value is -2.17. The zero-order chi connectivity index (χ0) is 20.7. The van der Waals surface area contributed by atoms with Gasteiger partial charge in [0, 0.05) is 40.8 Å². The first kappa shape index (κ1) is 19.8. The molecule has 146 valence electrons. The summed E-state index contributed by atoms with van der Waals surface area (Å²) in [6.45, 7) is 0. The summed E-state index contributed by atoms with van der Waals surface area (Å²) in [5.41, 5.74) is 4.75. The summed E-state index contributed by atoms with van der Waals surface area (Å²) in [4.78, 5) is 4.37. The predicted molar refractivity (Wildman–Crippen MR) is 129 cm³/mol. The Kier molecular flexibility index (Phi) is 5.38. The second-order valence-electron chi connectivity index (χ2n) is 6.91. The average Bonchev–Trinajstić information content (AvgIpc) is 3.00. The highest BCUT2D eigenvalue weighted by molar-refractivity contribution is 7.99. The van der Waals surface area contributed by atoms with Gasteiger partial charge < -0.3 is 0 Å². The normalized spacial score (nSPS) is 12.0. The van der Waals surface area contributed by atoms with Gasteiger partial charge in [0.05, 0.1) is 5.71 Å². The molecule has 0 bridgehead atoms. The third-order valence-corrected chi connectivity index (χ3v) is 7.30. The molecule has 0 spiro atoms. The van der Waals surface area contributed by atoms with Crippen molar-refractivity contribution in [3.8, 4) is 11.1 Å². The lowest BCUT2D eigenvalue weighted by molar-refractivity contribution is 1.39. The Morgan fingerprint density at radius 3 is 1.37 bits per heavy atom. The van der Waals surface area contributed by atoms with Crippen LogP contribution in [0.3, 0.4) is 0 Å². The van der Waals surface area contributed by atoms with Crippen LogP contribution in [0.25, 0.3) is 11.1 Å². The standard InChI is InChI=1S/C25H15Cl2NS2/c26-15-3-1-5-17(11-15)29-19-7-9-21-22-10-8-20(14-24(22)25(28)23(21)13-19)30-18-6-2-4-16(27)12-18/h1-14,28H. The van der Waals surface area contributed by atoms with Gasteiger partial charge in [0.1, 0.15) is 0 Å². The molecule has 0 aliphatic heterocycles. The van der Waals surface area contributed by atoms with E-state index in [4.69, 9.17) is 28.6 Å². The van der Waals surface area contributed by atoms with Crippen LogP contribution < -0.4 is 0 Å². The summed E-state index contributed by atoms with van der Waals surface area (Å²) in [5.74, 6) is 0. The summed E-state index contributed by atoms with van der Waals surface area (Å²) in [6.07, 6.45) is 0. The van der Waals surface area contributed by atoms with E-state index in [1.54, 1.807) is 23.5 Å². The van der Waals surface area contributed by atoms with Crippen LogP contribution in [-0.2, 0) is 0 Å². The maximum Gasteiger partial charge on any atom is 0.0697 e. The fraction of sp³-hybridized carbons (Fsp3) is 0. The van der Waals surface area contributed by atoms with Gasteiger partial charge >= 0.3 is 0 Å². The van der Waals surface area contributed by atoms with E-state index in [1.165, 1.54) is 0 Å². The van der Waals surface area contributed by atoms with Crippen LogP contribution in [0.15, 0.2) is 105 Å². The van der Waals surface area contributed by atoms with Crippen molar-refractivity contribution in [3.05, 3.63) is 106 Å². The molecule has 0 aromatic heterocycles. The highest BCUT2D eigenvalue weighted by atomic mass is 35.5. The average molecular weight is 464 g/mol. The minimum atomic E-state index is 0.571. The first-order valence-electron chi connectivity index (χ1n) is 9.31. The lowest BCUT2D eigenvalue weighted by atomic mass is 10.1. The highest BCUT2D eigenvalue weighted by Crippen LogP contribution is 2.42. The van der Waals surface area contributed by atoms with Crippen molar-refractivity contribution in [1.82, 2.24) is 0 Å². The Bertz CT molecular complexity index is 1200. The highest BCUT2D eigenvalue weighted by Gasteiger charge is 2.24. The second-order valence-corrected chi connectivity index (χ2v) is 10.1. The van der Waals surface area contributed by atoms with Gasteiger partial charge in [-0.05, 0) is 71.8 Å². The third kappa shape index (κ3) is 3.91. The maximum absolute atomic E-state index is 8.77. The van der Waals surface area contributed by atoms with E-state index in [2.05, 4.69) is 36.4 Å². The van der Waals surface area contributed by atoms with Gasteiger partial charge in [-0.3, -0.25) is 5.41 Å². The Morgan fingerprint density at radius 1 is 0.500 bits per heavy atom. The van der Waals surface area contributed by atoms with Gasteiger partial charge in [0.15, 0.2) is 0 Å². The fourth-order valence-electron chi connectivity index (χ4n) is 3.54. The molecule has 0 saturated heterocycles. The molecule has 1 aliphatic rings. The van der Waals surface area contributed by atoms with Crippen molar-refractivity contribution in [2.24, 2.45) is 0 Å². The number of rotatable bonds is 4. The number of hydrogen-bond acceptors (Lipinski definition) is 3. The van der Waals surface area contributed by atoms with Gasteiger partial charge in [0.2, 0.25) is 0 Å². The van der Waals surface area contributed by atoms with Crippen molar-refractivity contribution in [1.29, 1.82) is 5.41 Å². The first-order chi connectivity index (χ1) is 14.6. The summed E-state index contributed by atoms with van der Waals surface area (Å²) < 4.78 is 0. The molecule has 5 rings (SSSR count). The lowest BCUT2D eigenvalue weighted by Crippen LogP contribution is -1.95. The Labute approximate surface area is 193 Å². The van der Waals surface area contributed by atoms with E-state index in [1.807, 2.05) is 48.5 Å². The molecule has 0 radical (unpaired) electrons. The molecule has 0 atom stereocenters. The smallest absolute Gasteiger partial charge is 0.0697 e. The molecule has 30 heavy (non-hydrogen) atoms. The Morgan fingerprint density at radius 2 is 0.933 bits per heavy atom. The van der Waals surface area contributed by atoms with Gasteiger partial charge in [-0.15, -0.1) is 0 Å². The number of nitrogens with one attached hydrogen (secondary N) is 1. The summed E-state index contributed by atoms with van der Waals surface area (Å²) in [6, 6.07) is 28.3. The zero-order valence-electron chi connectivity index (χ0n) is 15.7. The molecule has 0 heterocycles. The van der Waals surface area contributed by atoms with Crippen LogP contribution in [-0.4, -0.2) is 5.71 Å². The number of fused-ring (bicyclic) bond motifs is 3. The summed E-state index contributed by atoms with van der Waals surface area (Å²) >= 11 is 15.5. The predicted octanol–water partition coefficient (Wildman–Crippen LogP) is 8.69. The molecule has 4 aromatic rings. The first-order valence-corrected chi connectivity index (χ1v) is 11.7. The van der Waals surface area contributed by atoms with E-state index in [0.29, 0.717) is 5.71 Å². The molecule has 5 heteroatoms. The molecular formula is C25H15Cl2NS2. The number of halogens is 2. The van der Waals surface area contributed by atoms with Gasteiger partial charge in [-0.2, -0.15) is 0 Å². The molecule has 1 N–H and O–H groups in total. The fourth-order valence-corrected chi connectivity index (χ4v) is 5.88. The topological polar surface area (TPSA) is 23.9 Å². The largest absolute Gasteiger partial charge is 0.300 e. The van der Waals surface area contributed by atoms with Crippen LogP contribution in [0, 0.1) is 5.41 Å². The van der Waals surface area contributed by atoms with Crippen LogP contribution >= 0.6 is 46.7 Å². The molecule has 0 saturated carbocycles. The minimum Gasteiger partial charge on any atom is -0.300 e. The molecule has 1 aliphatic carbocycles. The number of hydrogen-bond donors (Lipinski definition) is 1. The molecule has 1 nitrogen and oxygen atoms in total. The SMILES string of the molecule is N=C1c2cc(Sc3cccc(Cl)c3)ccc2-c2ccc(Sc3cccc(Cl)c3)cc21. The van der Waals surface area contributed by atoms with Crippen molar-refractivity contribution in [2.45, 2.75) is 19.6 Å². The van der Waals surface area contributed by atoms with E-state index < -0.39 is 0 Å². The summed E-state index contributed by atoms with van der Waals surface area (Å²) in [5, 5.41) is 10.2. The second kappa shape index (κ2) is 8.16. The monoisotopic (exact) mass is 463 g/mol. The quantitative estimate of drug-likeness (QED) is 0.288. The molecule has 0 unspecified atom stereocenters. The minimum absolute atomic E-state index is 0.571. The van der Waals surface area contributed by atoms with Gasteiger partial charge in [0.25, 0.3) is 0 Å². The molecule has 0 fully saturated rings. The van der Waals surface area contributed by atoms with E-state index >= 15 is 0 Å². The molecule has 4 aromatic carbocycles. The van der Waals surface area contributed by atoms with Crippen LogP contribution in [0.2, 0.25) is 10.0 Å². The zero-order valence-corrected chi connectivity index (χ0v) is 18.8. The van der Waals surface area contributed by atoms with Crippen LogP contribution in [0.1, 0.15) is 11.1 Å². The lowest BCUT2D eigenvalue weighted by Gasteiger charge is -2.06. The van der Waals surface area contributed by atoms with E-state index in [0.717, 1.165) is 51.9 Å². The van der Waals surface area contributed by atoms with E-state index in [-0.39, 0.29) is 0 Å². The van der Waals surface area contributed by atoms with Crippen molar-refractivity contribution in [2.75, 3.05) is 0 Å². The molecule has 0 amide bonds. The molecular weight excluding hydrogens is 449 g/mol. The van der Waals surface area contributed by atoms with Crippen molar-refractivity contribution in [3.63, 3.8) is 0 Å². The summed E-state index contributed by atoms with van der Waals surface area (Å²) in [7, 11) is 0. The Balaban J connectivity index is 1.44. The maximum atomic E-state index is 8.77. The van der Waals surface area contributed by atoms with Crippen LogP contribution in [0.4, 0.5) is 0 Å². The number of benzene rings is 4. The van der Waals surface area contributed by atoms with Gasteiger partial charge in [-0.1, -0.05) is 71.0 Å². The van der Waals surface area contributed by atoms with Crippen LogP contribution in [0.5, 0.6) is 0 Å². The van der Waals surface area contributed by atoms with Crippen molar-refractivity contribution >= 4 is 52.4 Å². The van der Waals surface area contributed by atoms with Crippen molar-refractivity contribution < 1.29 is 0 Å². The third-order valence-electron chi connectivity index (χ3n) is 4.87. The van der Waals surface area contributed by atoms with Gasteiger partial charge in [-0.25, -0.2) is 0 Å². The van der Waals surface area contributed by atoms with E-state index in [9.17, 15) is 0 Å².